The van der Waals surface area contributed by atoms with E-state index in [1.165, 1.54) is 11.9 Å². The standard InChI is InChI=1S/C12H15F4N/c1-3-4-5-6-17(2)12-10(15)8(13)7-9(14)11(12)16/h7H,3-6H2,1-2H3. The number of hydrogen-bond acceptors (Lipinski definition) is 1. The Bertz CT molecular complexity index is 366. The zero-order chi connectivity index (χ0) is 13.0. The van der Waals surface area contributed by atoms with E-state index in [0.717, 1.165) is 12.8 Å². The summed E-state index contributed by atoms with van der Waals surface area (Å²) in [6.45, 7) is 2.34. The van der Waals surface area contributed by atoms with Crippen molar-refractivity contribution in [2.75, 3.05) is 18.5 Å². The fourth-order valence-electron chi connectivity index (χ4n) is 1.61. The van der Waals surface area contributed by atoms with Gasteiger partial charge in [0.25, 0.3) is 0 Å². The average Bonchev–Trinajstić information content (AvgIpc) is 2.27. The molecule has 5 heteroatoms. The topological polar surface area (TPSA) is 3.24 Å². The lowest BCUT2D eigenvalue weighted by Gasteiger charge is -2.20. The number of anilines is 1. The number of unbranched alkanes of at least 4 members (excludes halogenated alkanes) is 2. The smallest absolute Gasteiger partial charge is 0.185 e. The van der Waals surface area contributed by atoms with E-state index < -0.39 is 29.0 Å². The van der Waals surface area contributed by atoms with Crippen molar-refractivity contribution in [3.05, 3.63) is 29.3 Å². The fourth-order valence-corrected chi connectivity index (χ4v) is 1.61. The summed E-state index contributed by atoms with van der Waals surface area (Å²) in [6.07, 6.45) is 2.56. The van der Waals surface area contributed by atoms with Crippen LogP contribution >= 0.6 is 0 Å². The van der Waals surface area contributed by atoms with Crippen molar-refractivity contribution < 1.29 is 17.6 Å². The fraction of sp³-hybridized carbons (Fsp3) is 0.500. The molecule has 1 rings (SSSR count). The lowest BCUT2D eigenvalue weighted by Crippen LogP contribution is -2.22. The summed E-state index contributed by atoms with van der Waals surface area (Å²) >= 11 is 0. The molecule has 0 fully saturated rings. The molecule has 0 radical (unpaired) electrons. The molecule has 1 aromatic rings. The van der Waals surface area contributed by atoms with Crippen LogP contribution in [0, 0.1) is 23.3 Å². The van der Waals surface area contributed by atoms with Crippen LogP contribution in [0.5, 0.6) is 0 Å². The second-order valence-corrected chi connectivity index (χ2v) is 3.95. The summed E-state index contributed by atoms with van der Waals surface area (Å²) < 4.78 is 52.7. The van der Waals surface area contributed by atoms with E-state index >= 15 is 0 Å². The Balaban J connectivity index is 2.95. The SMILES string of the molecule is CCCCCN(C)c1c(F)c(F)cc(F)c1F. The number of rotatable bonds is 5. The summed E-state index contributed by atoms with van der Waals surface area (Å²) in [6, 6.07) is 0.216. The van der Waals surface area contributed by atoms with Gasteiger partial charge in [-0.2, -0.15) is 0 Å². The molecule has 0 unspecified atom stereocenters. The molecule has 0 N–H and O–H groups in total. The van der Waals surface area contributed by atoms with Gasteiger partial charge in [-0.05, 0) is 6.42 Å². The normalized spacial score (nSPS) is 10.7. The Kier molecular flexibility index (Phi) is 4.78. The molecule has 0 aromatic heterocycles. The first-order chi connectivity index (χ1) is 7.99. The summed E-state index contributed by atoms with van der Waals surface area (Å²) in [5.41, 5.74) is -0.640. The molecule has 1 nitrogen and oxygen atoms in total. The van der Waals surface area contributed by atoms with Gasteiger partial charge >= 0.3 is 0 Å². The number of nitrogens with zero attached hydrogens (tertiary/aromatic N) is 1. The zero-order valence-electron chi connectivity index (χ0n) is 9.86. The first kappa shape index (κ1) is 13.8. The average molecular weight is 249 g/mol. The van der Waals surface area contributed by atoms with Gasteiger partial charge in [0.05, 0.1) is 0 Å². The second-order valence-electron chi connectivity index (χ2n) is 3.95. The summed E-state index contributed by atoms with van der Waals surface area (Å²) in [7, 11) is 1.41. The molecule has 0 saturated carbocycles. The third kappa shape index (κ3) is 3.11. The van der Waals surface area contributed by atoms with E-state index in [2.05, 4.69) is 0 Å². The van der Waals surface area contributed by atoms with Crippen molar-refractivity contribution in [1.82, 2.24) is 0 Å². The van der Waals surface area contributed by atoms with Crippen molar-refractivity contribution >= 4 is 5.69 Å². The highest BCUT2D eigenvalue weighted by molar-refractivity contribution is 5.49. The maximum Gasteiger partial charge on any atom is 0.185 e. The Morgan fingerprint density at radius 2 is 1.53 bits per heavy atom. The molecule has 0 aliphatic carbocycles. The van der Waals surface area contributed by atoms with Gasteiger partial charge in [0.1, 0.15) is 5.69 Å². The van der Waals surface area contributed by atoms with Crippen LogP contribution < -0.4 is 4.90 Å². The van der Waals surface area contributed by atoms with E-state index in [1.807, 2.05) is 6.92 Å². The van der Waals surface area contributed by atoms with Gasteiger partial charge in [0.15, 0.2) is 23.3 Å². The molecular weight excluding hydrogens is 234 g/mol. The Labute approximate surface area is 98.0 Å². The summed E-state index contributed by atoms with van der Waals surface area (Å²) in [4.78, 5) is 1.20. The molecule has 0 atom stereocenters. The molecule has 0 amide bonds. The van der Waals surface area contributed by atoms with E-state index in [1.54, 1.807) is 0 Å². The maximum absolute atomic E-state index is 13.4. The molecule has 0 bridgehead atoms. The van der Waals surface area contributed by atoms with Gasteiger partial charge in [-0.1, -0.05) is 19.8 Å². The van der Waals surface area contributed by atoms with Crippen LogP contribution in [0.4, 0.5) is 23.2 Å². The van der Waals surface area contributed by atoms with Crippen LogP contribution in [-0.2, 0) is 0 Å². The van der Waals surface area contributed by atoms with Crippen LogP contribution in [0.25, 0.3) is 0 Å². The summed E-state index contributed by atoms with van der Waals surface area (Å²) in [5, 5.41) is 0. The molecule has 0 saturated heterocycles. The molecular formula is C12H15F4N. The van der Waals surface area contributed by atoms with Crippen LogP contribution in [0.1, 0.15) is 26.2 Å². The predicted molar refractivity (Wildman–Crippen MR) is 59.1 cm³/mol. The predicted octanol–water partition coefficient (Wildman–Crippen LogP) is 3.87. The zero-order valence-corrected chi connectivity index (χ0v) is 9.86. The van der Waals surface area contributed by atoms with Gasteiger partial charge in [-0.3, -0.25) is 0 Å². The van der Waals surface area contributed by atoms with Crippen LogP contribution in [-0.4, -0.2) is 13.6 Å². The third-order valence-electron chi connectivity index (χ3n) is 2.57. The van der Waals surface area contributed by atoms with Crippen molar-refractivity contribution in [1.29, 1.82) is 0 Å². The van der Waals surface area contributed by atoms with Gasteiger partial charge in [-0.25, -0.2) is 17.6 Å². The van der Waals surface area contributed by atoms with Crippen molar-refractivity contribution in [3.63, 3.8) is 0 Å². The van der Waals surface area contributed by atoms with E-state index in [9.17, 15) is 17.6 Å². The van der Waals surface area contributed by atoms with Gasteiger partial charge in [0.2, 0.25) is 0 Å². The third-order valence-corrected chi connectivity index (χ3v) is 2.57. The van der Waals surface area contributed by atoms with Crippen molar-refractivity contribution in [2.45, 2.75) is 26.2 Å². The molecule has 0 aliphatic heterocycles. The Morgan fingerprint density at radius 3 is 2.00 bits per heavy atom. The molecule has 0 spiro atoms. The van der Waals surface area contributed by atoms with E-state index in [4.69, 9.17) is 0 Å². The molecule has 0 aliphatic rings. The highest BCUT2D eigenvalue weighted by Crippen LogP contribution is 2.27. The van der Waals surface area contributed by atoms with Crippen LogP contribution in [0.15, 0.2) is 6.07 Å². The number of halogens is 4. The van der Waals surface area contributed by atoms with Gasteiger partial charge < -0.3 is 4.90 Å². The van der Waals surface area contributed by atoms with Gasteiger partial charge in [-0.15, -0.1) is 0 Å². The molecule has 0 heterocycles. The quantitative estimate of drug-likeness (QED) is 0.435. The molecule has 96 valence electrons. The molecule has 17 heavy (non-hydrogen) atoms. The Morgan fingerprint density at radius 1 is 1.00 bits per heavy atom. The van der Waals surface area contributed by atoms with E-state index in [-0.39, 0.29) is 6.07 Å². The number of benzene rings is 1. The lowest BCUT2D eigenvalue weighted by atomic mass is 10.2. The van der Waals surface area contributed by atoms with Crippen LogP contribution in [0.2, 0.25) is 0 Å². The van der Waals surface area contributed by atoms with Gasteiger partial charge in [0, 0.05) is 19.7 Å². The van der Waals surface area contributed by atoms with E-state index in [0.29, 0.717) is 13.0 Å². The minimum absolute atomic E-state index is 0.216. The Hall–Kier alpha value is -1.26. The monoisotopic (exact) mass is 249 g/mol. The van der Waals surface area contributed by atoms with Crippen molar-refractivity contribution in [3.8, 4) is 0 Å². The minimum atomic E-state index is -1.37. The summed E-state index contributed by atoms with van der Waals surface area (Å²) in [5.74, 6) is -5.44. The first-order valence-electron chi connectivity index (χ1n) is 5.53. The van der Waals surface area contributed by atoms with Crippen LogP contribution in [0.3, 0.4) is 0 Å². The molecule has 1 aromatic carbocycles. The second kappa shape index (κ2) is 5.89. The highest BCUT2D eigenvalue weighted by atomic mass is 19.2. The highest BCUT2D eigenvalue weighted by Gasteiger charge is 2.21. The number of hydrogen-bond donors (Lipinski definition) is 0. The first-order valence-corrected chi connectivity index (χ1v) is 5.53. The lowest BCUT2D eigenvalue weighted by molar-refractivity contribution is 0.452. The van der Waals surface area contributed by atoms with Crippen molar-refractivity contribution in [2.24, 2.45) is 0 Å². The maximum atomic E-state index is 13.4. The largest absolute Gasteiger partial charge is 0.370 e. The minimum Gasteiger partial charge on any atom is -0.370 e.